The lowest BCUT2D eigenvalue weighted by molar-refractivity contribution is -0.133. The van der Waals surface area contributed by atoms with Crippen LogP contribution in [0.15, 0.2) is 12.1 Å². The average molecular weight is 408 g/mol. The van der Waals surface area contributed by atoms with E-state index in [1.54, 1.807) is 6.07 Å². The fraction of sp³-hybridized carbons (Fsp3) is 0.600. The van der Waals surface area contributed by atoms with Gasteiger partial charge in [0.2, 0.25) is 5.91 Å². The van der Waals surface area contributed by atoms with E-state index in [4.69, 9.17) is 16.3 Å². The van der Waals surface area contributed by atoms with Crippen molar-refractivity contribution in [3.63, 3.8) is 0 Å². The minimum atomic E-state index is -0.513. The molecular weight excluding hydrogens is 382 g/mol. The molecule has 28 heavy (non-hydrogen) atoms. The molecule has 5 rings (SSSR count). The molecule has 0 radical (unpaired) electrons. The summed E-state index contributed by atoms with van der Waals surface area (Å²) < 4.78 is 5.88. The topological polar surface area (TPSA) is 82.1 Å². The first-order chi connectivity index (χ1) is 13.4. The first-order valence-electron chi connectivity index (χ1n) is 9.91. The lowest BCUT2D eigenvalue weighted by Crippen LogP contribution is -2.57. The highest BCUT2D eigenvalue weighted by atomic mass is 35.5. The number of anilines is 1. The van der Waals surface area contributed by atoms with Crippen molar-refractivity contribution in [1.82, 2.24) is 9.96 Å². The van der Waals surface area contributed by atoms with Crippen LogP contribution in [0.5, 0.6) is 5.75 Å². The van der Waals surface area contributed by atoms with Crippen molar-refractivity contribution < 1.29 is 19.5 Å². The van der Waals surface area contributed by atoms with Gasteiger partial charge in [-0.2, -0.15) is 0 Å². The van der Waals surface area contributed by atoms with Crippen molar-refractivity contribution in [1.29, 1.82) is 0 Å². The van der Waals surface area contributed by atoms with Crippen molar-refractivity contribution in [3.05, 3.63) is 22.7 Å². The summed E-state index contributed by atoms with van der Waals surface area (Å²) in [5.74, 6) is 0.371. The molecule has 1 saturated carbocycles. The van der Waals surface area contributed by atoms with Gasteiger partial charge in [0.05, 0.1) is 28.9 Å². The molecule has 4 fully saturated rings. The SMILES string of the molecule is CC(=O)Nc1cc(OCC2CC2)c(C(=O)N(O)C2CN3CCC2CC3)cc1Cl. The van der Waals surface area contributed by atoms with E-state index in [2.05, 4.69) is 10.2 Å². The molecule has 0 spiro atoms. The number of halogens is 1. The fourth-order valence-electron chi connectivity index (χ4n) is 4.10. The van der Waals surface area contributed by atoms with Gasteiger partial charge in [-0.15, -0.1) is 0 Å². The molecule has 2 N–H and O–H groups in total. The van der Waals surface area contributed by atoms with E-state index in [1.807, 2.05) is 0 Å². The number of hydrogen-bond acceptors (Lipinski definition) is 5. The summed E-state index contributed by atoms with van der Waals surface area (Å²) in [4.78, 5) is 26.8. The number of fused-ring (bicyclic) bond motifs is 3. The molecule has 3 heterocycles. The maximum Gasteiger partial charge on any atom is 0.281 e. The van der Waals surface area contributed by atoms with E-state index in [9.17, 15) is 14.8 Å². The van der Waals surface area contributed by atoms with E-state index in [-0.39, 0.29) is 22.5 Å². The monoisotopic (exact) mass is 407 g/mol. The van der Waals surface area contributed by atoms with Crippen LogP contribution in [0.3, 0.4) is 0 Å². The van der Waals surface area contributed by atoms with Gasteiger partial charge in [0, 0.05) is 19.5 Å². The van der Waals surface area contributed by atoms with E-state index in [1.165, 1.54) is 13.0 Å². The van der Waals surface area contributed by atoms with Crippen molar-refractivity contribution in [2.24, 2.45) is 11.8 Å². The molecule has 1 unspecified atom stereocenters. The van der Waals surface area contributed by atoms with Gasteiger partial charge in [0.15, 0.2) is 0 Å². The van der Waals surface area contributed by atoms with Crippen molar-refractivity contribution in [3.8, 4) is 5.75 Å². The molecule has 152 valence electrons. The van der Waals surface area contributed by atoms with Gasteiger partial charge in [-0.05, 0) is 56.7 Å². The molecule has 1 atom stereocenters. The molecule has 2 amide bonds. The second-order valence-corrected chi connectivity index (χ2v) is 8.53. The number of carbonyl (C=O) groups excluding carboxylic acids is 2. The van der Waals surface area contributed by atoms with Gasteiger partial charge >= 0.3 is 0 Å². The van der Waals surface area contributed by atoms with Crippen LogP contribution in [0.4, 0.5) is 5.69 Å². The number of benzene rings is 1. The van der Waals surface area contributed by atoms with Crippen molar-refractivity contribution >= 4 is 29.1 Å². The highest BCUT2D eigenvalue weighted by Gasteiger charge is 2.40. The molecule has 0 aromatic heterocycles. The van der Waals surface area contributed by atoms with Gasteiger partial charge in [0.1, 0.15) is 5.75 Å². The van der Waals surface area contributed by atoms with Crippen LogP contribution >= 0.6 is 11.6 Å². The largest absolute Gasteiger partial charge is 0.492 e. The highest BCUT2D eigenvalue weighted by Crippen LogP contribution is 2.36. The summed E-state index contributed by atoms with van der Waals surface area (Å²) in [5.41, 5.74) is 0.613. The highest BCUT2D eigenvalue weighted by molar-refractivity contribution is 6.34. The molecule has 3 saturated heterocycles. The van der Waals surface area contributed by atoms with Crippen molar-refractivity contribution in [2.45, 2.75) is 38.6 Å². The molecule has 7 nitrogen and oxygen atoms in total. The maximum absolute atomic E-state index is 13.1. The van der Waals surface area contributed by atoms with Crippen LogP contribution in [0.1, 0.15) is 43.0 Å². The summed E-state index contributed by atoms with van der Waals surface area (Å²) >= 11 is 6.29. The summed E-state index contributed by atoms with van der Waals surface area (Å²) in [6.45, 7) is 4.63. The van der Waals surface area contributed by atoms with Crippen LogP contribution in [0.25, 0.3) is 0 Å². The van der Waals surface area contributed by atoms with Gasteiger partial charge < -0.3 is 15.0 Å². The lowest BCUT2D eigenvalue weighted by atomic mass is 9.83. The molecule has 4 aliphatic rings. The van der Waals surface area contributed by atoms with Gasteiger partial charge in [-0.25, -0.2) is 5.06 Å². The third-order valence-corrected chi connectivity index (χ3v) is 6.24. The Morgan fingerprint density at radius 1 is 1.29 bits per heavy atom. The standard InChI is InChI=1S/C20H26ClN3O4/c1-12(25)22-17-9-19(28-11-13-2-3-13)15(8-16(17)21)20(26)24(27)18-10-23-6-4-14(18)5-7-23/h8-9,13-14,18,27H,2-7,10-11H2,1H3,(H,22,25). The zero-order valence-electron chi connectivity index (χ0n) is 16.0. The summed E-state index contributed by atoms with van der Waals surface area (Å²) in [6.07, 6.45) is 4.20. The second-order valence-electron chi connectivity index (χ2n) is 8.12. The Hall–Kier alpha value is -1.83. The Labute approximate surface area is 169 Å². The average Bonchev–Trinajstić information content (AvgIpc) is 3.52. The fourth-order valence-corrected chi connectivity index (χ4v) is 4.31. The third kappa shape index (κ3) is 4.11. The number of ether oxygens (including phenoxy) is 1. The van der Waals surface area contributed by atoms with Crippen LogP contribution in [-0.2, 0) is 4.79 Å². The molecule has 3 aliphatic heterocycles. The predicted molar refractivity (Wildman–Crippen MR) is 105 cm³/mol. The van der Waals surface area contributed by atoms with E-state index in [0.29, 0.717) is 36.4 Å². The van der Waals surface area contributed by atoms with Gasteiger partial charge in [-0.1, -0.05) is 11.6 Å². The Morgan fingerprint density at radius 2 is 2.00 bits per heavy atom. The zero-order chi connectivity index (χ0) is 19.8. The number of piperidine rings is 3. The molecule has 1 aromatic carbocycles. The van der Waals surface area contributed by atoms with Crippen LogP contribution in [0, 0.1) is 11.8 Å². The first-order valence-corrected chi connectivity index (χ1v) is 10.3. The van der Waals surface area contributed by atoms with E-state index < -0.39 is 5.91 Å². The lowest BCUT2D eigenvalue weighted by Gasteiger charge is -2.46. The normalized spacial score (nSPS) is 26.0. The molecular formula is C20H26ClN3O4. The molecule has 1 aromatic rings. The van der Waals surface area contributed by atoms with Gasteiger partial charge in [0.25, 0.3) is 5.91 Å². The number of amides is 2. The van der Waals surface area contributed by atoms with E-state index in [0.717, 1.165) is 43.8 Å². The molecule has 1 aliphatic carbocycles. The number of hydrogen-bond donors (Lipinski definition) is 2. The van der Waals surface area contributed by atoms with Crippen molar-refractivity contribution in [2.75, 3.05) is 31.6 Å². The Bertz CT molecular complexity index is 775. The number of hydroxylamine groups is 2. The number of nitrogens with one attached hydrogen (secondary N) is 1. The summed E-state index contributed by atoms with van der Waals surface area (Å²) in [7, 11) is 0. The van der Waals surface area contributed by atoms with Crippen LogP contribution in [-0.4, -0.2) is 59.3 Å². The van der Waals surface area contributed by atoms with Crippen LogP contribution in [0.2, 0.25) is 5.02 Å². The molecule has 2 bridgehead atoms. The molecule has 8 heteroatoms. The minimum absolute atomic E-state index is 0.221. The van der Waals surface area contributed by atoms with E-state index >= 15 is 0 Å². The number of nitrogens with zero attached hydrogens (tertiary/aromatic N) is 2. The van der Waals surface area contributed by atoms with Crippen LogP contribution < -0.4 is 10.1 Å². The Kier molecular flexibility index (Phi) is 5.49. The first kappa shape index (κ1) is 19.5. The minimum Gasteiger partial charge on any atom is -0.492 e. The summed E-state index contributed by atoms with van der Waals surface area (Å²) in [6, 6.07) is 2.83. The predicted octanol–water partition coefficient (Wildman–Crippen LogP) is 3.01. The quantitative estimate of drug-likeness (QED) is 0.559. The second kappa shape index (κ2) is 7.89. The van der Waals surface area contributed by atoms with Gasteiger partial charge in [-0.3, -0.25) is 14.8 Å². The smallest absolute Gasteiger partial charge is 0.281 e. The maximum atomic E-state index is 13.1. The Balaban J connectivity index is 1.59. The number of rotatable bonds is 6. The summed E-state index contributed by atoms with van der Waals surface area (Å²) in [5, 5.41) is 14.5. The third-order valence-electron chi connectivity index (χ3n) is 5.93. The Morgan fingerprint density at radius 3 is 2.57 bits per heavy atom. The number of carbonyl (C=O) groups is 2. The zero-order valence-corrected chi connectivity index (χ0v) is 16.7.